The molecule has 0 atom stereocenters. The van der Waals surface area contributed by atoms with Gasteiger partial charge >= 0.3 is 5.97 Å². The molecule has 0 radical (unpaired) electrons. The number of fused-ring (bicyclic) bond motifs is 1. The molecule has 2 aromatic carbocycles. The number of aromatic nitrogens is 3. The number of carboxylic acid groups (broad SMARTS) is 1. The number of thiazole rings is 1. The van der Waals surface area contributed by atoms with Gasteiger partial charge in [0.25, 0.3) is 0 Å². The zero-order valence-corrected chi connectivity index (χ0v) is 15.1. The Morgan fingerprint density at radius 3 is 2.58 bits per heavy atom. The Hall–Kier alpha value is -3.19. The van der Waals surface area contributed by atoms with E-state index in [0.717, 1.165) is 27.8 Å². The van der Waals surface area contributed by atoms with E-state index < -0.39 is 5.97 Å². The molecule has 0 aliphatic carbocycles. The Balaban J connectivity index is 1.98. The average molecular weight is 364 g/mol. The first kappa shape index (κ1) is 16.3. The van der Waals surface area contributed by atoms with Crippen LogP contribution < -0.4 is 4.90 Å². The second-order valence-corrected chi connectivity index (χ2v) is 6.88. The molecular weight excluding hydrogens is 348 g/mol. The molecule has 0 aliphatic heterocycles. The van der Waals surface area contributed by atoms with Crippen LogP contribution in [-0.4, -0.2) is 39.9 Å². The highest BCUT2D eigenvalue weighted by Crippen LogP contribution is 2.32. The van der Waals surface area contributed by atoms with E-state index in [2.05, 4.69) is 4.98 Å². The molecule has 0 saturated carbocycles. The summed E-state index contributed by atoms with van der Waals surface area (Å²) in [6.45, 7) is 0. The standard InChI is InChI=1S/C19H16N4O2S/c1-22(2)13-8-9-14-16(10-13)23(19-20-15(11-26-19)18(24)25)21-17(14)12-6-4-3-5-7-12/h3-11H,1-2H3,(H,24,25). The summed E-state index contributed by atoms with van der Waals surface area (Å²) in [5.41, 5.74) is 3.80. The van der Waals surface area contributed by atoms with Crippen molar-refractivity contribution in [3.05, 3.63) is 59.6 Å². The summed E-state index contributed by atoms with van der Waals surface area (Å²) in [6, 6.07) is 16.1. The number of anilines is 1. The van der Waals surface area contributed by atoms with E-state index in [0.29, 0.717) is 5.13 Å². The van der Waals surface area contributed by atoms with Crippen LogP contribution in [0, 0.1) is 0 Å². The van der Waals surface area contributed by atoms with Crippen molar-refractivity contribution in [1.29, 1.82) is 0 Å². The van der Waals surface area contributed by atoms with Gasteiger partial charge in [0.1, 0.15) is 5.69 Å². The van der Waals surface area contributed by atoms with Crippen molar-refractivity contribution in [2.24, 2.45) is 0 Å². The zero-order chi connectivity index (χ0) is 18.3. The van der Waals surface area contributed by atoms with Crippen LogP contribution in [0.4, 0.5) is 5.69 Å². The molecule has 2 aromatic heterocycles. The van der Waals surface area contributed by atoms with Gasteiger partial charge in [0.2, 0.25) is 5.13 Å². The van der Waals surface area contributed by atoms with Crippen LogP contribution in [-0.2, 0) is 0 Å². The molecule has 0 aliphatic rings. The van der Waals surface area contributed by atoms with Gasteiger partial charge < -0.3 is 10.0 Å². The lowest BCUT2D eigenvalue weighted by Crippen LogP contribution is -2.08. The second-order valence-electron chi connectivity index (χ2n) is 6.04. The maximum atomic E-state index is 11.2. The normalized spacial score (nSPS) is 11.0. The number of rotatable bonds is 4. The van der Waals surface area contributed by atoms with Gasteiger partial charge in [-0.25, -0.2) is 14.5 Å². The fourth-order valence-electron chi connectivity index (χ4n) is 2.80. The third-order valence-electron chi connectivity index (χ3n) is 4.12. The quantitative estimate of drug-likeness (QED) is 0.594. The van der Waals surface area contributed by atoms with Gasteiger partial charge in [0.05, 0.1) is 5.52 Å². The molecule has 0 bridgehead atoms. The molecule has 0 unspecified atom stereocenters. The lowest BCUT2D eigenvalue weighted by atomic mass is 10.1. The maximum absolute atomic E-state index is 11.2. The summed E-state index contributed by atoms with van der Waals surface area (Å²) in [5, 5.41) is 17.0. The largest absolute Gasteiger partial charge is 0.476 e. The number of hydrogen-bond acceptors (Lipinski definition) is 5. The van der Waals surface area contributed by atoms with E-state index in [1.165, 1.54) is 16.7 Å². The molecule has 0 saturated heterocycles. The van der Waals surface area contributed by atoms with E-state index in [-0.39, 0.29) is 5.69 Å². The minimum absolute atomic E-state index is 0.0266. The fourth-order valence-corrected chi connectivity index (χ4v) is 3.56. The molecule has 0 spiro atoms. The summed E-state index contributed by atoms with van der Waals surface area (Å²) in [5.74, 6) is -1.04. The molecule has 0 fully saturated rings. The van der Waals surface area contributed by atoms with Crippen LogP contribution in [0.15, 0.2) is 53.9 Å². The molecule has 26 heavy (non-hydrogen) atoms. The maximum Gasteiger partial charge on any atom is 0.355 e. The van der Waals surface area contributed by atoms with E-state index in [4.69, 9.17) is 10.2 Å². The van der Waals surface area contributed by atoms with Crippen molar-refractivity contribution in [3.63, 3.8) is 0 Å². The monoisotopic (exact) mass is 364 g/mol. The molecular formula is C19H16N4O2S. The Morgan fingerprint density at radius 2 is 1.92 bits per heavy atom. The lowest BCUT2D eigenvalue weighted by molar-refractivity contribution is 0.0691. The van der Waals surface area contributed by atoms with E-state index in [1.54, 1.807) is 4.68 Å². The number of hydrogen-bond donors (Lipinski definition) is 1. The number of carboxylic acids is 1. The van der Waals surface area contributed by atoms with Gasteiger partial charge in [-0.2, -0.15) is 5.10 Å². The van der Waals surface area contributed by atoms with Crippen molar-refractivity contribution in [1.82, 2.24) is 14.8 Å². The molecule has 7 heteroatoms. The smallest absolute Gasteiger partial charge is 0.355 e. The molecule has 0 amide bonds. The Kier molecular flexibility index (Phi) is 3.93. The van der Waals surface area contributed by atoms with Crippen molar-refractivity contribution < 1.29 is 9.90 Å². The third-order valence-corrected chi connectivity index (χ3v) is 4.94. The third kappa shape index (κ3) is 2.72. The average Bonchev–Trinajstić information content (AvgIpc) is 3.26. The predicted molar refractivity (Wildman–Crippen MR) is 103 cm³/mol. The summed E-state index contributed by atoms with van der Waals surface area (Å²) in [7, 11) is 3.96. The summed E-state index contributed by atoms with van der Waals surface area (Å²) >= 11 is 1.26. The topological polar surface area (TPSA) is 71.2 Å². The van der Waals surface area contributed by atoms with Crippen LogP contribution >= 0.6 is 11.3 Å². The van der Waals surface area contributed by atoms with Crippen molar-refractivity contribution >= 4 is 33.9 Å². The zero-order valence-electron chi connectivity index (χ0n) is 14.2. The second kappa shape index (κ2) is 6.27. The molecule has 1 N–H and O–H groups in total. The number of benzene rings is 2. The molecule has 130 valence electrons. The van der Waals surface area contributed by atoms with Gasteiger partial charge in [-0.1, -0.05) is 30.3 Å². The highest BCUT2D eigenvalue weighted by atomic mass is 32.1. The first-order chi connectivity index (χ1) is 12.5. The summed E-state index contributed by atoms with van der Waals surface area (Å²) in [4.78, 5) is 17.4. The first-order valence-electron chi connectivity index (χ1n) is 7.99. The van der Waals surface area contributed by atoms with Crippen molar-refractivity contribution in [2.75, 3.05) is 19.0 Å². The molecule has 6 nitrogen and oxygen atoms in total. The number of carbonyl (C=O) groups is 1. The Bertz CT molecular complexity index is 1100. The fraction of sp³-hybridized carbons (Fsp3) is 0.105. The number of nitrogens with zero attached hydrogens (tertiary/aromatic N) is 4. The van der Waals surface area contributed by atoms with Gasteiger partial charge in [0.15, 0.2) is 5.69 Å². The van der Waals surface area contributed by atoms with Crippen molar-refractivity contribution in [2.45, 2.75) is 0 Å². The van der Waals surface area contributed by atoms with E-state index in [1.807, 2.05) is 67.5 Å². The molecule has 2 heterocycles. The van der Waals surface area contributed by atoms with Crippen LogP contribution in [0.5, 0.6) is 0 Å². The van der Waals surface area contributed by atoms with Crippen molar-refractivity contribution in [3.8, 4) is 16.4 Å². The predicted octanol–water partition coefficient (Wildman–Crippen LogP) is 3.91. The van der Waals surface area contributed by atoms with E-state index in [9.17, 15) is 4.79 Å². The number of aromatic carboxylic acids is 1. The van der Waals surface area contributed by atoms with Gasteiger partial charge in [-0.15, -0.1) is 11.3 Å². The Morgan fingerprint density at radius 1 is 1.15 bits per heavy atom. The highest BCUT2D eigenvalue weighted by molar-refractivity contribution is 7.12. The highest BCUT2D eigenvalue weighted by Gasteiger charge is 2.18. The van der Waals surface area contributed by atoms with Crippen LogP contribution in [0.25, 0.3) is 27.3 Å². The van der Waals surface area contributed by atoms with Gasteiger partial charge in [-0.05, 0) is 18.2 Å². The summed E-state index contributed by atoms with van der Waals surface area (Å²) in [6.07, 6.45) is 0. The van der Waals surface area contributed by atoms with Crippen LogP contribution in [0.3, 0.4) is 0 Å². The van der Waals surface area contributed by atoms with E-state index >= 15 is 0 Å². The lowest BCUT2D eigenvalue weighted by Gasteiger charge is -2.12. The van der Waals surface area contributed by atoms with Gasteiger partial charge in [0, 0.05) is 36.1 Å². The molecule has 4 rings (SSSR count). The van der Waals surface area contributed by atoms with Crippen LogP contribution in [0.1, 0.15) is 10.5 Å². The Labute approximate surface area is 154 Å². The minimum Gasteiger partial charge on any atom is -0.476 e. The van der Waals surface area contributed by atoms with Crippen LogP contribution in [0.2, 0.25) is 0 Å². The molecule has 4 aromatic rings. The minimum atomic E-state index is -1.04. The first-order valence-corrected chi connectivity index (χ1v) is 8.87. The van der Waals surface area contributed by atoms with Gasteiger partial charge in [-0.3, -0.25) is 0 Å². The SMILES string of the molecule is CN(C)c1ccc2c(-c3ccccc3)nn(-c3nc(C(=O)O)cs3)c2c1. The summed E-state index contributed by atoms with van der Waals surface area (Å²) < 4.78 is 1.72.